The Morgan fingerprint density at radius 1 is 1.08 bits per heavy atom. The molecule has 24 heavy (non-hydrogen) atoms. The van der Waals surface area contributed by atoms with Crippen LogP contribution in [0, 0.1) is 0 Å². The average Bonchev–Trinajstić information content (AvgIpc) is 3.14. The molecule has 124 valence electrons. The summed E-state index contributed by atoms with van der Waals surface area (Å²) in [4.78, 5) is 29.8. The molecule has 0 unspecified atom stereocenters. The Labute approximate surface area is 140 Å². The molecule has 0 aliphatic carbocycles. The normalized spacial score (nSPS) is 13.8. The summed E-state index contributed by atoms with van der Waals surface area (Å²) in [6, 6.07) is 9.85. The number of hydrogen-bond donors (Lipinski definition) is 1. The fourth-order valence-corrected chi connectivity index (χ4v) is 2.75. The molecule has 1 aromatic carbocycles. The van der Waals surface area contributed by atoms with E-state index in [1.165, 1.54) is 24.3 Å². The van der Waals surface area contributed by atoms with Gasteiger partial charge in [-0.1, -0.05) is 6.07 Å². The molecule has 0 atom stereocenters. The van der Waals surface area contributed by atoms with Crippen molar-refractivity contribution in [3.05, 3.63) is 59.3 Å². The van der Waals surface area contributed by atoms with E-state index in [1.807, 2.05) is 12.1 Å². The Morgan fingerprint density at radius 3 is 2.42 bits per heavy atom. The van der Waals surface area contributed by atoms with Crippen molar-refractivity contribution in [1.29, 1.82) is 0 Å². The lowest BCUT2D eigenvalue weighted by Gasteiger charge is -2.19. The molecule has 0 radical (unpaired) electrons. The first-order valence-corrected chi connectivity index (χ1v) is 7.91. The van der Waals surface area contributed by atoms with Gasteiger partial charge in [-0.15, -0.1) is 0 Å². The van der Waals surface area contributed by atoms with E-state index >= 15 is 0 Å². The molecule has 0 bridgehead atoms. The zero-order valence-corrected chi connectivity index (χ0v) is 13.3. The van der Waals surface area contributed by atoms with Gasteiger partial charge in [0.1, 0.15) is 12.4 Å². The number of amides is 1. The number of anilines is 1. The number of carbonyl (C=O) groups excluding carboxylic acids is 2. The summed E-state index contributed by atoms with van der Waals surface area (Å²) in [5.41, 5.74) is 6.81. The topological polar surface area (TPSA) is 85.5 Å². The number of rotatable bonds is 5. The fourth-order valence-electron chi connectivity index (χ4n) is 2.75. The molecule has 1 aliphatic rings. The molecule has 1 aliphatic heterocycles. The van der Waals surface area contributed by atoms with E-state index < -0.39 is 11.9 Å². The van der Waals surface area contributed by atoms with Crippen molar-refractivity contribution in [2.24, 2.45) is 5.73 Å². The van der Waals surface area contributed by atoms with Crippen molar-refractivity contribution in [3.8, 4) is 0 Å². The average molecular weight is 325 g/mol. The van der Waals surface area contributed by atoms with Gasteiger partial charge in [-0.2, -0.15) is 0 Å². The van der Waals surface area contributed by atoms with E-state index in [-0.39, 0.29) is 6.61 Å². The minimum absolute atomic E-state index is 0.163. The summed E-state index contributed by atoms with van der Waals surface area (Å²) in [5.74, 6) is -0.0883. The molecule has 2 N–H and O–H groups in total. The Balaban J connectivity index is 1.67. The highest BCUT2D eigenvalue weighted by Crippen LogP contribution is 2.22. The lowest BCUT2D eigenvalue weighted by molar-refractivity contribution is 0.0472. The first-order valence-electron chi connectivity index (χ1n) is 7.91. The predicted octanol–water partition coefficient (Wildman–Crippen LogP) is 2.14. The third-order valence-electron chi connectivity index (χ3n) is 4.04. The Morgan fingerprint density at radius 2 is 1.75 bits per heavy atom. The summed E-state index contributed by atoms with van der Waals surface area (Å²) in [6.45, 7) is 2.12. The van der Waals surface area contributed by atoms with E-state index in [2.05, 4.69) is 9.88 Å². The van der Waals surface area contributed by atoms with Crippen molar-refractivity contribution >= 4 is 17.7 Å². The Bertz CT molecular complexity index is 737. The second-order valence-corrected chi connectivity index (χ2v) is 5.70. The van der Waals surface area contributed by atoms with Crippen LogP contribution in [0.3, 0.4) is 0 Å². The van der Waals surface area contributed by atoms with Gasteiger partial charge in [0.2, 0.25) is 5.91 Å². The van der Waals surface area contributed by atoms with Crippen LogP contribution < -0.4 is 10.6 Å². The summed E-state index contributed by atoms with van der Waals surface area (Å²) >= 11 is 0. The van der Waals surface area contributed by atoms with Crippen molar-refractivity contribution in [2.75, 3.05) is 18.0 Å². The van der Waals surface area contributed by atoms with Crippen molar-refractivity contribution < 1.29 is 14.3 Å². The number of primary amides is 1. The number of ether oxygens (including phenoxy) is 1. The van der Waals surface area contributed by atoms with Crippen molar-refractivity contribution in [2.45, 2.75) is 19.4 Å². The molecule has 1 fully saturated rings. The molecule has 3 rings (SSSR count). The molecule has 6 nitrogen and oxygen atoms in total. The third-order valence-corrected chi connectivity index (χ3v) is 4.04. The summed E-state index contributed by atoms with van der Waals surface area (Å²) in [5, 5.41) is 0. The smallest absolute Gasteiger partial charge is 0.338 e. The summed E-state index contributed by atoms with van der Waals surface area (Å²) in [7, 11) is 0. The van der Waals surface area contributed by atoms with Gasteiger partial charge in [-0.3, -0.25) is 4.79 Å². The van der Waals surface area contributed by atoms with Gasteiger partial charge in [-0.05, 0) is 43.2 Å². The van der Waals surface area contributed by atoms with Crippen LogP contribution in [0.2, 0.25) is 0 Å². The highest BCUT2D eigenvalue weighted by molar-refractivity contribution is 5.95. The summed E-state index contributed by atoms with van der Waals surface area (Å²) in [6.07, 6.45) is 4.06. The molecule has 2 aromatic rings. The van der Waals surface area contributed by atoms with Crippen LogP contribution in [0.25, 0.3) is 0 Å². The maximum atomic E-state index is 12.2. The maximum absolute atomic E-state index is 12.2. The first kappa shape index (κ1) is 16.0. The number of pyridine rings is 1. The number of esters is 1. The molecule has 1 saturated heterocycles. The number of nitrogens with zero attached hydrogens (tertiary/aromatic N) is 2. The van der Waals surface area contributed by atoms with Crippen LogP contribution in [0.15, 0.2) is 42.6 Å². The van der Waals surface area contributed by atoms with Crippen LogP contribution in [0.1, 0.15) is 39.1 Å². The molecular weight excluding hydrogens is 306 g/mol. The first-order chi connectivity index (χ1) is 11.6. The molecular formula is C18H19N3O3. The molecule has 2 heterocycles. The third kappa shape index (κ3) is 3.53. The largest absolute Gasteiger partial charge is 0.457 e. The van der Waals surface area contributed by atoms with E-state index in [1.54, 1.807) is 6.20 Å². The standard InChI is InChI=1S/C18H19N3O3/c19-16(22)13-5-7-14(8-6-13)18(23)24-12-15-4-3-9-20-17(15)21-10-1-2-11-21/h3-9H,1-2,10-12H2,(H2,19,22). The lowest BCUT2D eigenvalue weighted by Crippen LogP contribution is -2.21. The molecule has 1 aromatic heterocycles. The van der Waals surface area contributed by atoms with E-state index in [9.17, 15) is 9.59 Å². The van der Waals surface area contributed by atoms with Crippen LogP contribution in [0.5, 0.6) is 0 Å². The second kappa shape index (κ2) is 7.12. The lowest BCUT2D eigenvalue weighted by atomic mass is 10.1. The highest BCUT2D eigenvalue weighted by Gasteiger charge is 2.18. The Hall–Kier alpha value is -2.89. The Kier molecular flexibility index (Phi) is 4.74. The van der Waals surface area contributed by atoms with E-state index in [0.29, 0.717) is 11.1 Å². The van der Waals surface area contributed by atoms with Crippen LogP contribution in [-0.2, 0) is 11.3 Å². The molecule has 6 heteroatoms. The van der Waals surface area contributed by atoms with Crippen molar-refractivity contribution in [1.82, 2.24) is 4.98 Å². The zero-order chi connectivity index (χ0) is 16.9. The van der Waals surface area contributed by atoms with Gasteiger partial charge in [0, 0.05) is 30.4 Å². The monoisotopic (exact) mass is 325 g/mol. The number of nitrogens with two attached hydrogens (primary N) is 1. The van der Waals surface area contributed by atoms with Gasteiger partial charge < -0.3 is 15.4 Å². The number of carbonyl (C=O) groups is 2. The summed E-state index contributed by atoms with van der Waals surface area (Å²) < 4.78 is 5.39. The van der Waals surface area contributed by atoms with E-state index in [4.69, 9.17) is 10.5 Å². The zero-order valence-electron chi connectivity index (χ0n) is 13.3. The molecule has 1 amide bonds. The molecule has 0 spiro atoms. The maximum Gasteiger partial charge on any atom is 0.338 e. The number of aromatic nitrogens is 1. The SMILES string of the molecule is NC(=O)c1ccc(C(=O)OCc2cccnc2N2CCCC2)cc1. The quantitative estimate of drug-likeness (QED) is 0.851. The molecule has 0 saturated carbocycles. The predicted molar refractivity (Wildman–Crippen MR) is 89.8 cm³/mol. The number of benzene rings is 1. The van der Waals surface area contributed by atoms with Gasteiger partial charge in [0.25, 0.3) is 0 Å². The fraction of sp³-hybridized carbons (Fsp3) is 0.278. The minimum Gasteiger partial charge on any atom is -0.457 e. The van der Waals surface area contributed by atoms with Gasteiger partial charge >= 0.3 is 5.97 Å². The van der Waals surface area contributed by atoms with Crippen LogP contribution in [0.4, 0.5) is 5.82 Å². The van der Waals surface area contributed by atoms with Gasteiger partial charge in [0.15, 0.2) is 0 Å². The van der Waals surface area contributed by atoms with Crippen LogP contribution >= 0.6 is 0 Å². The van der Waals surface area contributed by atoms with Crippen LogP contribution in [-0.4, -0.2) is 29.9 Å². The highest BCUT2D eigenvalue weighted by atomic mass is 16.5. The second-order valence-electron chi connectivity index (χ2n) is 5.70. The minimum atomic E-state index is -0.527. The van der Waals surface area contributed by atoms with Gasteiger partial charge in [-0.25, -0.2) is 9.78 Å². The van der Waals surface area contributed by atoms with E-state index in [0.717, 1.165) is 37.3 Å². The van der Waals surface area contributed by atoms with Crippen molar-refractivity contribution in [3.63, 3.8) is 0 Å². The number of hydrogen-bond acceptors (Lipinski definition) is 5. The van der Waals surface area contributed by atoms with Gasteiger partial charge in [0.05, 0.1) is 5.56 Å².